The lowest BCUT2D eigenvalue weighted by atomic mass is 9.91. The van der Waals surface area contributed by atoms with Gasteiger partial charge >= 0.3 is 0 Å². The first-order chi connectivity index (χ1) is 9.52. The zero-order valence-corrected chi connectivity index (χ0v) is 14.4. The Hall–Kier alpha value is -0.940. The van der Waals surface area contributed by atoms with Crippen LogP contribution in [0.4, 0.5) is 0 Å². The van der Waals surface area contributed by atoms with Crippen LogP contribution in [0, 0.1) is 10.8 Å². The molecule has 1 amide bonds. The zero-order valence-electron chi connectivity index (χ0n) is 14.4. The standard InChI is InChI=1S/C16H31NO4/c1-15(2,3)7-9-20-10-8-17-14(19)12-21-11-13(18)16(4,5)6/h7-12H2,1-6H3,(H,17,19). The van der Waals surface area contributed by atoms with E-state index < -0.39 is 5.41 Å². The summed E-state index contributed by atoms with van der Waals surface area (Å²) in [6, 6.07) is 0. The van der Waals surface area contributed by atoms with Gasteiger partial charge in [-0.3, -0.25) is 9.59 Å². The molecule has 124 valence electrons. The normalized spacial score (nSPS) is 12.3. The van der Waals surface area contributed by atoms with Crippen molar-refractivity contribution in [2.45, 2.75) is 48.0 Å². The van der Waals surface area contributed by atoms with E-state index in [1.54, 1.807) is 0 Å². The van der Waals surface area contributed by atoms with Crippen LogP contribution in [0.1, 0.15) is 48.0 Å². The molecule has 0 unspecified atom stereocenters. The molecule has 0 saturated heterocycles. The predicted molar refractivity (Wildman–Crippen MR) is 83.2 cm³/mol. The maximum atomic E-state index is 11.6. The van der Waals surface area contributed by atoms with Crippen molar-refractivity contribution in [3.05, 3.63) is 0 Å². The Morgan fingerprint density at radius 2 is 1.52 bits per heavy atom. The molecule has 21 heavy (non-hydrogen) atoms. The molecule has 0 aliphatic carbocycles. The van der Waals surface area contributed by atoms with E-state index in [1.807, 2.05) is 20.8 Å². The highest BCUT2D eigenvalue weighted by molar-refractivity contribution is 5.85. The van der Waals surface area contributed by atoms with Gasteiger partial charge in [-0.05, 0) is 11.8 Å². The van der Waals surface area contributed by atoms with Crippen molar-refractivity contribution >= 4 is 11.7 Å². The average molecular weight is 301 g/mol. The van der Waals surface area contributed by atoms with E-state index in [4.69, 9.17) is 9.47 Å². The van der Waals surface area contributed by atoms with Gasteiger partial charge in [-0.2, -0.15) is 0 Å². The van der Waals surface area contributed by atoms with Crippen molar-refractivity contribution in [1.29, 1.82) is 0 Å². The second-order valence-electron chi connectivity index (χ2n) is 7.44. The van der Waals surface area contributed by atoms with Crippen LogP contribution in [0.25, 0.3) is 0 Å². The van der Waals surface area contributed by atoms with Crippen LogP contribution in [0.3, 0.4) is 0 Å². The number of Topliss-reactive ketones (excluding diaryl/α,β-unsaturated/α-hetero) is 1. The van der Waals surface area contributed by atoms with Gasteiger partial charge in [0.1, 0.15) is 13.2 Å². The lowest BCUT2D eigenvalue weighted by Crippen LogP contribution is -2.33. The molecule has 0 heterocycles. The molecule has 0 aliphatic rings. The second kappa shape index (κ2) is 9.15. The molecular formula is C16H31NO4. The molecule has 0 radical (unpaired) electrons. The molecule has 5 nitrogen and oxygen atoms in total. The molecule has 0 saturated carbocycles. The van der Waals surface area contributed by atoms with Crippen LogP contribution in [0.2, 0.25) is 0 Å². The molecule has 1 N–H and O–H groups in total. The number of nitrogens with one attached hydrogen (secondary N) is 1. The predicted octanol–water partition coefficient (Wildman–Crippen LogP) is 2.19. The highest BCUT2D eigenvalue weighted by atomic mass is 16.5. The third-order valence-electron chi connectivity index (χ3n) is 2.87. The molecule has 0 aromatic heterocycles. The SMILES string of the molecule is CC(C)(C)CCOCCNC(=O)COCC(=O)C(C)(C)C. The van der Waals surface area contributed by atoms with Crippen LogP contribution in [-0.4, -0.2) is 44.7 Å². The zero-order chi connectivity index (χ0) is 16.5. The van der Waals surface area contributed by atoms with E-state index in [-0.39, 0.29) is 30.3 Å². The van der Waals surface area contributed by atoms with Crippen LogP contribution < -0.4 is 5.32 Å². The topological polar surface area (TPSA) is 64.6 Å². The van der Waals surface area contributed by atoms with Crippen molar-refractivity contribution in [2.75, 3.05) is 33.0 Å². The first-order valence-corrected chi connectivity index (χ1v) is 7.48. The van der Waals surface area contributed by atoms with Crippen molar-refractivity contribution in [2.24, 2.45) is 10.8 Å². The van der Waals surface area contributed by atoms with Gasteiger partial charge in [0.05, 0.1) is 6.61 Å². The van der Waals surface area contributed by atoms with Gasteiger partial charge in [0.2, 0.25) is 5.91 Å². The highest BCUT2D eigenvalue weighted by Crippen LogP contribution is 2.17. The summed E-state index contributed by atoms with van der Waals surface area (Å²) in [6.07, 6.45) is 0.985. The van der Waals surface area contributed by atoms with Gasteiger partial charge in [0.15, 0.2) is 5.78 Å². The largest absolute Gasteiger partial charge is 0.380 e. The quantitative estimate of drug-likeness (QED) is 0.663. The number of carbonyl (C=O) groups excluding carboxylic acids is 2. The maximum Gasteiger partial charge on any atom is 0.246 e. The van der Waals surface area contributed by atoms with Gasteiger partial charge in [-0.25, -0.2) is 0 Å². The number of amides is 1. The van der Waals surface area contributed by atoms with E-state index in [0.717, 1.165) is 6.42 Å². The molecule has 0 atom stereocenters. The summed E-state index contributed by atoms with van der Waals surface area (Å²) < 4.78 is 10.5. The Kier molecular flexibility index (Phi) is 8.74. The molecule has 0 spiro atoms. The van der Waals surface area contributed by atoms with Gasteiger partial charge in [-0.1, -0.05) is 41.5 Å². The van der Waals surface area contributed by atoms with E-state index in [9.17, 15) is 9.59 Å². The Morgan fingerprint density at radius 1 is 0.905 bits per heavy atom. The second-order valence-corrected chi connectivity index (χ2v) is 7.44. The third kappa shape index (κ3) is 12.5. The minimum atomic E-state index is -0.433. The molecule has 0 aromatic carbocycles. The monoisotopic (exact) mass is 301 g/mol. The van der Waals surface area contributed by atoms with Crippen molar-refractivity contribution in [1.82, 2.24) is 5.32 Å². The lowest BCUT2D eigenvalue weighted by molar-refractivity contribution is -0.134. The summed E-state index contributed by atoms with van der Waals surface area (Å²) in [4.78, 5) is 23.0. The molecule has 0 aliphatic heterocycles. The molecule has 0 fully saturated rings. The van der Waals surface area contributed by atoms with E-state index in [0.29, 0.717) is 19.8 Å². The minimum Gasteiger partial charge on any atom is -0.380 e. The summed E-state index contributed by atoms with van der Waals surface area (Å²) >= 11 is 0. The number of hydrogen-bond acceptors (Lipinski definition) is 4. The molecule has 0 rings (SSSR count). The fraction of sp³-hybridized carbons (Fsp3) is 0.875. The Labute approximate surface area is 128 Å². The summed E-state index contributed by atoms with van der Waals surface area (Å²) in [7, 11) is 0. The fourth-order valence-corrected chi connectivity index (χ4v) is 1.25. The third-order valence-corrected chi connectivity index (χ3v) is 2.87. The maximum absolute atomic E-state index is 11.6. The van der Waals surface area contributed by atoms with Crippen LogP contribution in [-0.2, 0) is 19.1 Å². The minimum absolute atomic E-state index is 0.0131. The Bertz CT molecular complexity index is 326. The molecular weight excluding hydrogens is 270 g/mol. The average Bonchev–Trinajstić information content (AvgIpc) is 2.31. The fourth-order valence-electron chi connectivity index (χ4n) is 1.25. The lowest BCUT2D eigenvalue weighted by Gasteiger charge is -2.17. The van der Waals surface area contributed by atoms with Crippen molar-refractivity contribution in [3.8, 4) is 0 Å². The Balaban J connectivity index is 3.54. The number of ether oxygens (including phenoxy) is 2. The molecule has 5 heteroatoms. The number of rotatable bonds is 9. The summed E-state index contributed by atoms with van der Waals surface area (Å²) in [5.41, 5.74) is -0.173. The van der Waals surface area contributed by atoms with E-state index in [1.165, 1.54) is 0 Å². The Morgan fingerprint density at radius 3 is 2.05 bits per heavy atom. The summed E-state index contributed by atoms with van der Waals surface area (Å²) in [6.45, 7) is 13.5. The van der Waals surface area contributed by atoms with E-state index >= 15 is 0 Å². The van der Waals surface area contributed by atoms with Gasteiger partial charge in [-0.15, -0.1) is 0 Å². The smallest absolute Gasteiger partial charge is 0.246 e. The highest BCUT2D eigenvalue weighted by Gasteiger charge is 2.21. The van der Waals surface area contributed by atoms with Gasteiger partial charge in [0, 0.05) is 18.6 Å². The van der Waals surface area contributed by atoms with Crippen LogP contribution in [0.15, 0.2) is 0 Å². The first kappa shape index (κ1) is 20.1. The number of hydrogen-bond donors (Lipinski definition) is 1. The van der Waals surface area contributed by atoms with Crippen molar-refractivity contribution in [3.63, 3.8) is 0 Å². The van der Waals surface area contributed by atoms with E-state index in [2.05, 4.69) is 26.1 Å². The van der Waals surface area contributed by atoms with Crippen LogP contribution in [0.5, 0.6) is 0 Å². The molecule has 0 bridgehead atoms. The van der Waals surface area contributed by atoms with Crippen molar-refractivity contribution < 1.29 is 19.1 Å². The summed E-state index contributed by atoms with van der Waals surface area (Å²) in [5.74, 6) is -0.239. The molecule has 0 aromatic rings. The van der Waals surface area contributed by atoms with Gasteiger partial charge < -0.3 is 14.8 Å². The van der Waals surface area contributed by atoms with Gasteiger partial charge in [0.25, 0.3) is 0 Å². The first-order valence-electron chi connectivity index (χ1n) is 7.48. The van der Waals surface area contributed by atoms with Crippen LogP contribution >= 0.6 is 0 Å². The number of ketones is 1. The number of carbonyl (C=O) groups is 2. The summed E-state index contributed by atoms with van der Waals surface area (Å²) in [5, 5.41) is 2.69.